The summed E-state index contributed by atoms with van der Waals surface area (Å²) in [6.07, 6.45) is 3.60. The summed E-state index contributed by atoms with van der Waals surface area (Å²) in [6.45, 7) is 1.74. The van der Waals surface area contributed by atoms with Gasteiger partial charge in [-0.2, -0.15) is 0 Å². The summed E-state index contributed by atoms with van der Waals surface area (Å²) >= 11 is 0. The number of para-hydroxylation sites is 1. The molecular weight excluding hydrogens is 262 g/mol. The van der Waals surface area contributed by atoms with Crippen LogP contribution in [0.2, 0.25) is 0 Å². The summed E-state index contributed by atoms with van der Waals surface area (Å²) in [4.78, 5) is 20.5. The van der Waals surface area contributed by atoms with Crippen molar-refractivity contribution < 1.29 is 4.79 Å². The fourth-order valence-corrected chi connectivity index (χ4v) is 3.85. The van der Waals surface area contributed by atoms with Crippen LogP contribution in [0.3, 0.4) is 0 Å². The number of nitrogens with one attached hydrogen (secondary N) is 1. The molecule has 2 bridgehead atoms. The molecule has 4 rings (SSSR count). The highest BCUT2D eigenvalue weighted by molar-refractivity contribution is 5.98. The average Bonchev–Trinajstić information content (AvgIpc) is 3.00. The second kappa shape index (κ2) is 4.88. The molecule has 3 heterocycles. The van der Waals surface area contributed by atoms with Gasteiger partial charge >= 0.3 is 0 Å². The fraction of sp³-hybridized carbons (Fsp3) is 0.471. The van der Waals surface area contributed by atoms with Crippen LogP contribution in [-0.2, 0) is 0 Å². The number of benzene rings is 1. The molecule has 1 amide bonds. The van der Waals surface area contributed by atoms with E-state index in [1.807, 2.05) is 35.2 Å². The molecule has 4 nitrogen and oxygen atoms in total. The number of amides is 1. The van der Waals surface area contributed by atoms with Crippen LogP contribution in [0.25, 0.3) is 10.9 Å². The molecule has 110 valence electrons. The van der Waals surface area contributed by atoms with E-state index < -0.39 is 0 Å². The summed E-state index contributed by atoms with van der Waals surface area (Å²) in [5, 5.41) is 1.11. The van der Waals surface area contributed by atoms with Gasteiger partial charge in [0.05, 0.1) is 0 Å². The molecule has 1 aromatic heterocycles. The lowest BCUT2D eigenvalue weighted by Crippen LogP contribution is -2.39. The number of hydrogen-bond donors (Lipinski definition) is 1. The Morgan fingerprint density at radius 1 is 1.19 bits per heavy atom. The van der Waals surface area contributed by atoms with Gasteiger partial charge in [-0.1, -0.05) is 18.2 Å². The third-order valence-corrected chi connectivity index (χ3v) is 5.20. The van der Waals surface area contributed by atoms with Gasteiger partial charge in [-0.25, -0.2) is 0 Å². The van der Waals surface area contributed by atoms with Crippen LogP contribution in [0.15, 0.2) is 30.3 Å². The van der Waals surface area contributed by atoms with Crippen LogP contribution in [0.5, 0.6) is 0 Å². The second-order valence-electron chi connectivity index (χ2n) is 6.36. The van der Waals surface area contributed by atoms with Crippen molar-refractivity contribution in [1.82, 2.24) is 14.8 Å². The Morgan fingerprint density at radius 3 is 2.86 bits per heavy atom. The van der Waals surface area contributed by atoms with Crippen molar-refractivity contribution in [3.8, 4) is 0 Å². The third kappa shape index (κ3) is 2.14. The predicted molar refractivity (Wildman–Crippen MR) is 83.4 cm³/mol. The van der Waals surface area contributed by atoms with Crippen molar-refractivity contribution in [1.29, 1.82) is 0 Å². The molecule has 21 heavy (non-hydrogen) atoms. The highest BCUT2D eigenvalue weighted by Crippen LogP contribution is 2.29. The van der Waals surface area contributed by atoms with Gasteiger partial charge in [-0.15, -0.1) is 0 Å². The highest BCUT2D eigenvalue weighted by atomic mass is 16.2. The normalized spacial score (nSPS) is 26.2. The summed E-state index contributed by atoms with van der Waals surface area (Å²) in [7, 11) is 2.21. The number of H-pyrrole nitrogens is 1. The van der Waals surface area contributed by atoms with Crippen molar-refractivity contribution in [2.24, 2.45) is 0 Å². The molecule has 1 aromatic carbocycles. The molecule has 0 aliphatic carbocycles. The molecule has 2 atom stereocenters. The molecule has 0 saturated carbocycles. The standard InChI is InChI=1S/C17H21N3O/c1-19-13-6-7-14(19)11-20(9-8-13)17(21)16-10-12-4-2-3-5-15(12)18-16/h2-5,10,13-14,18H,6-9,11H2,1H3. The van der Waals surface area contributed by atoms with Crippen molar-refractivity contribution in [3.63, 3.8) is 0 Å². The van der Waals surface area contributed by atoms with Gasteiger partial charge in [0.2, 0.25) is 0 Å². The van der Waals surface area contributed by atoms with Crippen molar-refractivity contribution in [2.75, 3.05) is 20.1 Å². The highest BCUT2D eigenvalue weighted by Gasteiger charge is 2.36. The minimum Gasteiger partial charge on any atom is -0.351 e. The van der Waals surface area contributed by atoms with Crippen molar-refractivity contribution in [3.05, 3.63) is 36.0 Å². The smallest absolute Gasteiger partial charge is 0.270 e. The molecule has 2 aliphatic heterocycles. The van der Waals surface area contributed by atoms with E-state index in [1.54, 1.807) is 0 Å². The number of likely N-dealkylation sites (N-methyl/N-ethyl adjacent to an activating group) is 1. The van der Waals surface area contributed by atoms with E-state index in [0.717, 1.165) is 36.1 Å². The van der Waals surface area contributed by atoms with Gasteiger partial charge in [0, 0.05) is 36.1 Å². The van der Waals surface area contributed by atoms with Crippen LogP contribution in [0.1, 0.15) is 29.8 Å². The second-order valence-corrected chi connectivity index (χ2v) is 6.36. The zero-order chi connectivity index (χ0) is 14.4. The monoisotopic (exact) mass is 283 g/mol. The number of carbonyl (C=O) groups is 1. The number of rotatable bonds is 1. The first-order valence-electron chi connectivity index (χ1n) is 7.81. The van der Waals surface area contributed by atoms with Crippen LogP contribution < -0.4 is 0 Å². The summed E-state index contributed by atoms with van der Waals surface area (Å²) in [5.74, 6) is 0.146. The van der Waals surface area contributed by atoms with Crippen LogP contribution in [-0.4, -0.2) is 52.9 Å². The van der Waals surface area contributed by atoms with Gasteiger partial charge in [0.15, 0.2) is 0 Å². The van der Waals surface area contributed by atoms with Crippen molar-refractivity contribution in [2.45, 2.75) is 31.3 Å². The van der Waals surface area contributed by atoms with E-state index in [4.69, 9.17) is 0 Å². The molecule has 0 spiro atoms. The molecule has 2 saturated heterocycles. The zero-order valence-corrected chi connectivity index (χ0v) is 12.4. The quantitative estimate of drug-likeness (QED) is 0.873. The number of aromatic nitrogens is 1. The van der Waals surface area contributed by atoms with E-state index in [2.05, 4.69) is 16.9 Å². The first kappa shape index (κ1) is 12.9. The van der Waals surface area contributed by atoms with E-state index in [0.29, 0.717) is 12.1 Å². The first-order chi connectivity index (χ1) is 10.2. The minimum absolute atomic E-state index is 0.146. The molecule has 4 heteroatoms. The maximum absolute atomic E-state index is 12.8. The molecule has 2 aliphatic rings. The molecule has 2 aromatic rings. The van der Waals surface area contributed by atoms with Gasteiger partial charge < -0.3 is 9.88 Å². The van der Waals surface area contributed by atoms with E-state index in [1.165, 1.54) is 12.8 Å². The SMILES string of the molecule is CN1C2CCC1CN(C(=O)c1cc3ccccc3[nH]1)CC2. The summed E-state index contributed by atoms with van der Waals surface area (Å²) < 4.78 is 0. The minimum atomic E-state index is 0.146. The number of carbonyl (C=O) groups excluding carboxylic acids is 1. The molecule has 2 fully saturated rings. The Morgan fingerprint density at radius 2 is 2.00 bits per heavy atom. The number of likely N-dealkylation sites (tertiary alicyclic amines) is 1. The Balaban J connectivity index is 1.59. The van der Waals surface area contributed by atoms with Crippen molar-refractivity contribution >= 4 is 16.8 Å². The van der Waals surface area contributed by atoms with Crippen LogP contribution in [0, 0.1) is 0 Å². The Hall–Kier alpha value is -1.81. The van der Waals surface area contributed by atoms with E-state index in [-0.39, 0.29) is 5.91 Å². The topological polar surface area (TPSA) is 39.3 Å². The fourth-order valence-electron chi connectivity index (χ4n) is 3.85. The summed E-state index contributed by atoms with van der Waals surface area (Å²) in [6, 6.07) is 11.2. The summed E-state index contributed by atoms with van der Waals surface area (Å²) in [5.41, 5.74) is 1.76. The van der Waals surface area contributed by atoms with Crippen LogP contribution in [0.4, 0.5) is 0 Å². The lowest BCUT2D eigenvalue weighted by Gasteiger charge is -2.25. The molecule has 1 N–H and O–H groups in total. The number of hydrogen-bond acceptors (Lipinski definition) is 2. The molecule has 0 radical (unpaired) electrons. The van der Waals surface area contributed by atoms with Gasteiger partial charge in [0.1, 0.15) is 5.69 Å². The Kier molecular flexibility index (Phi) is 3.00. The molecular formula is C17H21N3O. The van der Waals surface area contributed by atoms with E-state index >= 15 is 0 Å². The molecule has 2 unspecified atom stereocenters. The third-order valence-electron chi connectivity index (χ3n) is 5.20. The van der Waals surface area contributed by atoms with E-state index in [9.17, 15) is 4.79 Å². The van der Waals surface area contributed by atoms with Crippen LogP contribution >= 0.6 is 0 Å². The number of aromatic amines is 1. The van der Waals surface area contributed by atoms with Gasteiger partial charge in [0.25, 0.3) is 5.91 Å². The maximum atomic E-state index is 12.8. The van der Waals surface area contributed by atoms with Gasteiger partial charge in [-0.3, -0.25) is 9.69 Å². The zero-order valence-electron chi connectivity index (χ0n) is 12.4. The number of nitrogens with zero attached hydrogens (tertiary/aromatic N) is 2. The lowest BCUT2D eigenvalue weighted by molar-refractivity contribution is 0.0735. The Bertz CT molecular complexity index is 644. The first-order valence-corrected chi connectivity index (χ1v) is 7.81. The predicted octanol–water partition coefficient (Wildman–Crippen LogP) is 2.48. The van der Waals surface area contributed by atoms with Gasteiger partial charge in [-0.05, 0) is 38.4 Å². The maximum Gasteiger partial charge on any atom is 0.270 e. The average molecular weight is 283 g/mol. The number of fused-ring (bicyclic) bond motifs is 3. The largest absolute Gasteiger partial charge is 0.351 e. The lowest BCUT2D eigenvalue weighted by atomic mass is 10.1. The Labute approximate surface area is 124 Å².